The summed E-state index contributed by atoms with van der Waals surface area (Å²) in [6.45, 7) is 6.52. The number of nitrogens with zero attached hydrogens (tertiary/aromatic N) is 1. The summed E-state index contributed by atoms with van der Waals surface area (Å²) in [6, 6.07) is 8.62. The van der Waals surface area contributed by atoms with Crippen LogP contribution < -0.4 is 5.73 Å². The fourth-order valence-electron chi connectivity index (χ4n) is 1.69. The van der Waals surface area contributed by atoms with Gasteiger partial charge in [-0.1, -0.05) is 31.2 Å². The molecule has 16 heavy (non-hydrogen) atoms. The summed E-state index contributed by atoms with van der Waals surface area (Å²) in [4.78, 5) is 2.18. The minimum Gasteiger partial charge on any atom is -0.322 e. The molecule has 0 radical (unpaired) electrons. The fourth-order valence-corrected chi connectivity index (χ4v) is 1.69. The van der Waals surface area contributed by atoms with Crippen molar-refractivity contribution in [3.05, 3.63) is 35.4 Å². The predicted molar refractivity (Wildman–Crippen MR) is 70.5 cm³/mol. The molecule has 1 aromatic carbocycles. The smallest absolute Gasteiger partial charge is 0.0476 e. The Morgan fingerprint density at radius 2 is 1.94 bits per heavy atom. The summed E-state index contributed by atoms with van der Waals surface area (Å²) >= 11 is 0. The van der Waals surface area contributed by atoms with Crippen molar-refractivity contribution in [2.75, 3.05) is 14.1 Å². The SMILES string of the molecule is CCc1cccc(C(N)C(C)(C)N(C)C)c1. The third-order valence-corrected chi connectivity index (χ3v) is 3.63. The third kappa shape index (κ3) is 2.63. The molecule has 1 unspecified atom stereocenters. The van der Waals surface area contributed by atoms with Crippen molar-refractivity contribution in [1.82, 2.24) is 4.90 Å². The molecule has 0 spiro atoms. The van der Waals surface area contributed by atoms with E-state index < -0.39 is 0 Å². The molecule has 0 saturated heterocycles. The number of hydrogen-bond donors (Lipinski definition) is 1. The molecule has 0 aliphatic rings. The molecule has 1 atom stereocenters. The third-order valence-electron chi connectivity index (χ3n) is 3.63. The maximum Gasteiger partial charge on any atom is 0.0476 e. The zero-order valence-electron chi connectivity index (χ0n) is 11.1. The standard InChI is InChI=1S/C14H24N2/c1-6-11-8-7-9-12(10-11)13(15)14(2,3)16(4)5/h7-10,13H,6,15H2,1-5H3. The first-order valence-electron chi connectivity index (χ1n) is 5.91. The highest BCUT2D eigenvalue weighted by molar-refractivity contribution is 5.28. The number of benzene rings is 1. The van der Waals surface area contributed by atoms with E-state index in [4.69, 9.17) is 5.73 Å². The maximum atomic E-state index is 6.36. The summed E-state index contributed by atoms with van der Waals surface area (Å²) in [5.74, 6) is 0. The Bertz CT molecular complexity index is 342. The molecule has 0 aliphatic heterocycles. The number of rotatable bonds is 4. The van der Waals surface area contributed by atoms with Crippen LogP contribution in [0.5, 0.6) is 0 Å². The molecular formula is C14H24N2. The maximum absolute atomic E-state index is 6.36. The van der Waals surface area contributed by atoms with Crippen molar-refractivity contribution in [3.63, 3.8) is 0 Å². The van der Waals surface area contributed by atoms with Gasteiger partial charge < -0.3 is 10.6 Å². The first kappa shape index (κ1) is 13.2. The Morgan fingerprint density at radius 1 is 1.31 bits per heavy atom. The van der Waals surface area contributed by atoms with Crippen molar-refractivity contribution in [2.45, 2.75) is 38.8 Å². The van der Waals surface area contributed by atoms with Gasteiger partial charge in [-0.05, 0) is 45.5 Å². The number of nitrogens with two attached hydrogens (primary N) is 1. The van der Waals surface area contributed by atoms with Crippen LogP contribution in [-0.2, 0) is 6.42 Å². The number of hydrogen-bond acceptors (Lipinski definition) is 2. The molecule has 90 valence electrons. The van der Waals surface area contributed by atoms with E-state index in [1.807, 2.05) is 0 Å². The second kappa shape index (κ2) is 4.98. The molecule has 0 saturated carbocycles. The van der Waals surface area contributed by atoms with Crippen LogP contribution in [0.2, 0.25) is 0 Å². The Balaban J connectivity index is 2.99. The van der Waals surface area contributed by atoms with Crippen LogP contribution in [0.4, 0.5) is 0 Å². The van der Waals surface area contributed by atoms with Crippen LogP contribution in [0.1, 0.15) is 37.9 Å². The van der Waals surface area contributed by atoms with Gasteiger partial charge >= 0.3 is 0 Å². The van der Waals surface area contributed by atoms with E-state index in [1.54, 1.807) is 0 Å². The van der Waals surface area contributed by atoms with Crippen LogP contribution in [0, 0.1) is 0 Å². The van der Waals surface area contributed by atoms with Gasteiger partial charge in [0, 0.05) is 11.6 Å². The van der Waals surface area contributed by atoms with Gasteiger partial charge in [-0.15, -0.1) is 0 Å². The molecule has 0 amide bonds. The molecule has 0 fully saturated rings. The molecule has 0 bridgehead atoms. The van der Waals surface area contributed by atoms with Crippen molar-refractivity contribution < 1.29 is 0 Å². The first-order chi connectivity index (χ1) is 7.39. The Kier molecular flexibility index (Phi) is 4.11. The number of likely N-dealkylation sites (N-methyl/N-ethyl adjacent to an activating group) is 1. The lowest BCUT2D eigenvalue weighted by Gasteiger charge is -2.38. The lowest BCUT2D eigenvalue weighted by atomic mass is 9.87. The van der Waals surface area contributed by atoms with Crippen molar-refractivity contribution in [3.8, 4) is 0 Å². The van der Waals surface area contributed by atoms with Crippen molar-refractivity contribution in [1.29, 1.82) is 0 Å². The normalized spacial score (nSPS) is 14.2. The highest BCUT2D eigenvalue weighted by Crippen LogP contribution is 2.27. The second-order valence-electron chi connectivity index (χ2n) is 5.12. The minimum absolute atomic E-state index is 0.0354. The van der Waals surface area contributed by atoms with Gasteiger partial charge in [0.25, 0.3) is 0 Å². The molecule has 0 heterocycles. The molecule has 1 rings (SSSR count). The monoisotopic (exact) mass is 220 g/mol. The van der Waals surface area contributed by atoms with Crippen molar-refractivity contribution >= 4 is 0 Å². The molecule has 2 heteroatoms. The summed E-state index contributed by atoms with van der Waals surface area (Å²) in [7, 11) is 4.15. The predicted octanol–water partition coefficient (Wildman–Crippen LogP) is 2.59. The van der Waals surface area contributed by atoms with E-state index in [-0.39, 0.29) is 11.6 Å². The largest absolute Gasteiger partial charge is 0.322 e. The molecule has 2 N–H and O–H groups in total. The van der Waals surface area contributed by atoms with Gasteiger partial charge in [0.15, 0.2) is 0 Å². The Hall–Kier alpha value is -0.860. The molecular weight excluding hydrogens is 196 g/mol. The minimum atomic E-state index is -0.0354. The van der Waals surface area contributed by atoms with Crippen molar-refractivity contribution in [2.24, 2.45) is 5.73 Å². The topological polar surface area (TPSA) is 29.3 Å². The molecule has 0 aliphatic carbocycles. The highest BCUT2D eigenvalue weighted by atomic mass is 15.2. The van der Waals surface area contributed by atoms with E-state index in [0.29, 0.717) is 0 Å². The molecule has 2 nitrogen and oxygen atoms in total. The van der Waals surface area contributed by atoms with Crippen LogP contribution in [0.3, 0.4) is 0 Å². The van der Waals surface area contributed by atoms with E-state index in [9.17, 15) is 0 Å². The van der Waals surface area contributed by atoms with E-state index >= 15 is 0 Å². The van der Waals surface area contributed by atoms with E-state index in [1.165, 1.54) is 11.1 Å². The fraction of sp³-hybridized carbons (Fsp3) is 0.571. The molecule has 0 aromatic heterocycles. The van der Waals surface area contributed by atoms with E-state index in [2.05, 4.69) is 64.0 Å². The van der Waals surface area contributed by atoms with Gasteiger partial charge in [0.2, 0.25) is 0 Å². The highest BCUT2D eigenvalue weighted by Gasteiger charge is 2.29. The van der Waals surface area contributed by atoms with Gasteiger partial charge in [0.1, 0.15) is 0 Å². The van der Waals surface area contributed by atoms with Crippen LogP contribution in [0.25, 0.3) is 0 Å². The van der Waals surface area contributed by atoms with Crippen LogP contribution in [-0.4, -0.2) is 24.5 Å². The van der Waals surface area contributed by atoms with Gasteiger partial charge in [0.05, 0.1) is 0 Å². The average molecular weight is 220 g/mol. The van der Waals surface area contributed by atoms with Crippen LogP contribution in [0.15, 0.2) is 24.3 Å². The average Bonchev–Trinajstić information content (AvgIpc) is 2.27. The summed E-state index contributed by atoms with van der Waals surface area (Å²) in [5, 5.41) is 0. The summed E-state index contributed by atoms with van der Waals surface area (Å²) in [6.07, 6.45) is 1.06. The van der Waals surface area contributed by atoms with Gasteiger partial charge in [-0.2, -0.15) is 0 Å². The second-order valence-corrected chi connectivity index (χ2v) is 5.12. The Labute approximate surface area is 99.5 Å². The summed E-state index contributed by atoms with van der Waals surface area (Å²) in [5.41, 5.74) is 8.89. The quantitative estimate of drug-likeness (QED) is 0.845. The zero-order chi connectivity index (χ0) is 12.3. The lowest BCUT2D eigenvalue weighted by Crippen LogP contribution is -2.47. The summed E-state index contributed by atoms with van der Waals surface area (Å²) < 4.78 is 0. The van der Waals surface area contributed by atoms with Gasteiger partial charge in [-0.25, -0.2) is 0 Å². The number of aryl methyl sites for hydroxylation is 1. The zero-order valence-corrected chi connectivity index (χ0v) is 11.1. The van der Waals surface area contributed by atoms with E-state index in [0.717, 1.165) is 6.42 Å². The van der Waals surface area contributed by atoms with Gasteiger partial charge in [-0.3, -0.25) is 0 Å². The first-order valence-corrected chi connectivity index (χ1v) is 5.91. The molecule has 1 aromatic rings. The van der Waals surface area contributed by atoms with Crippen LogP contribution >= 0.6 is 0 Å². The lowest BCUT2D eigenvalue weighted by molar-refractivity contribution is 0.159. The Morgan fingerprint density at radius 3 is 2.44 bits per heavy atom.